The van der Waals surface area contributed by atoms with Crippen molar-refractivity contribution < 1.29 is 14.3 Å². The summed E-state index contributed by atoms with van der Waals surface area (Å²) in [7, 11) is 0. The second-order valence-corrected chi connectivity index (χ2v) is 10.2. The molecule has 0 radical (unpaired) electrons. The molecule has 1 saturated carbocycles. The molecule has 5 rings (SSSR count). The number of hydrogen-bond donors (Lipinski definition) is 1. The summed E-state index contributed by atoms with van der Waals surface area (Å²) in [4.78, 5) is 27.3. The molecule has 4 heteroatoms. The van der Waals surface area contributed by atoms with E-state index in [9.17, 15) is 9.59 Å². The molecule has 2 unspecified atom stereocenters. The first-order valence-corrected chi connectivity index (χ1v) is 13.1. The number of carbonyl (C=O) groups excluding carboxylic acids is 2. The van der Waals surface area contributed by atoms with E-state index in [2.05, 4.69) is 48.6 Å². The van der Waals surface area contributed by atoms with E-state index in [1.54, 1.807) is 0 Å². The Morgan fingerprint density at radius 1 is 0.943 bits per heavy atom. The molecule has 35 heavy (non-hydrogen) atoms. The number of dihydropyridines is 1. The number of aryl methyl sites for hydroxylation is 1. The number of allylic oxidation sites excluding steroid dienone is 3. The lowest BCUT2D eigenvalue weighted by Gasteiger charge is -2.37. The van der Waals surface area contributed by atoms with Crippen LogP contribution in [0.5, 0.6) is 0 Å². The quantitative estimate of drug-likeness (QED) is 0.509. The molecule has 2 atom stereocenters. The predicted molar refractivity (Wildman–Crippen MR) is 138 cm³/mol. The second kappa shape index (κ2) is 10.2. The number of Topliss-reactive ketones (excluding diaryl/α,β-unsaturated/α-hetero) is 1. The Hall–Kier alpha value is -3.14. The van der Waals surface area contributed by atoms with Crippen LogP contribution in [0.15, 0.2) is 77.1 Å². The van der Waals surface area contributed by atoms with Crippen LogP contribution in [0.1, 0.15) is 87.3 Å². The normalized spacial score (nSPS) is 23.1. The number of esters is 1. The molecule has 2 aromatic carbocycles. The average Bonchev–Trinajstić information content (AvgIpc) is 2.89. The second-order valence-electron chi connectivity index (χ2n) is 10.2. The standard InChI is InChI=1S/C31H35NO3/c1-3-21-14-16-23(17-15-21)29-28(31(34)35-25-12-8-5-9-13-25)20(2)32-26-18-24(19-27(33)30(26)29)22-10-6-4-7-11-22/h4,6-7,10-11,14-17,24-25,29,32H,3,5,8-9,12-13,18-19H2,1-2H3. The smallest absolute Gasteiger partial charge is 0.337 e. The van der Waals surface area contributed by atoms with E-state index in [0.717, 1.165) is 61.1 Å². The largest absolute Gasteiger partial charge is 0.459 e. The highest BCUT2D eigenvalue weighted by atomic mass is 16.5. The molecule has 3 aliphatic rings. The topological polar surface area (TPSA) is 55.4 Å². The zero-order chi connectivity index (χ0) is 24.4. The Labute approximate surface area is 208 Å². The van der Waals surface area contributed by atoms with Crippen LogP contribution in [0.3, 0.4) is 0 Å². The van der Waals surface area contributed by atoms with Crippen molar-refractivity contribution in [3.05, 3.63) is 93.8 Å². The van der Waals surface area contributed by atoms with Crippen molar-refractivity contribution in [3.8, 4) is 0 Å². The van der Waals surface area contributed by atoms with Crippen LogP contribution < -0.4 is 5.32 Å². The summed E-state index contributed by atoms with van der Waals surface area (Å²) in [6, 6.07) is 18.6. The summed E-state index contributed by atoms with van der Waals surface area (Å²) >= 11 is 0. The number of ketones is 1. The molecule has 4 nitrogen and oxygen atoms in total. The number of nitrogens with one attached hydrogen (secondary N) is 1. The molecular weight excluding hydrogens is 434 g/mol. The first kappa shape index (κ1) is 23.6. The molecule has 2 aliphatic carbocycles. The van der Waals surface area contributed by atoms with Crippen LogP contribution in [-0.4, -0.2) is 17.9 Å². The lowest BCUT2D eigenvalue weighted by molar-refractivity contribution is -0.146. The van der Waals surface area contributed by atoms with Gasteiger partial charge in [0, 0.05) is 29.3 Å². The van der Waals surface area contributed by atoms with E-state index in [1.165, 1.54) is 17.5 Å². The number of benzene rings is 2. The zero-order valence-electron chi connectivity index (χ0n) is 20.8. The Balaban J connectivity index is 1.52. The van der Waals surface area contributed by atoms with Crippen molar-refractivity contribution in [2.45, 2.75) is 83.2 Å². The molecule has 0 amide bonds. The Bertz CT molecular complexity index is 1150. The van der Waals surface area contributed by atoms with Gasteiger partial charge in [-0.3, -0.25) is 4.79 Å². The van der Waals surface area contributed by atoms with Gasteiger partial charge in [-0.2, -0.15) is 0 Å². The van der Waals surface area contributed by atoms with Gasteiger partial charge in [0.25, 0.3) is 0 Å². The summed E-state index contributed by atoms with van der Waals surface area (Å²) in [5.74, 6) is -0.414. The van der Waals surface area contributed by atoms with Gasteiger partial charge < -0.3 is 10.1 Å². The summed E-state index contributed by atoms with van der Waals surface area (Å²) in [5, 5.41) is 3.48. The van der Waals surface area contributed by atoms with Crippen molar-refractivity contribution >= 4 is 11.8 Å². The highest BCUT2D eigenvalue weighted by molar-refractivity contribution is 6.04. The molecule has 182 valence electrons. The van der Waals surface area contributed by atoms with Crippen LogP contribution in [0, 0.1) is 0 Å². The Kier molecular flexibility index (Phi) is 6.90. The molecule has 1 aliphatic heterocycles. The van der Waals surface area contributed by atoms with Gasteiger partial charge in [-0.05, 0) is 68.1 Å². The van der Waals surface area contributed by atoms with Crippen molar-refractivity contribution in [1.29, 1.82) is 0 Å². The van der Waals surface area contributed by atoms with Crippen LogP contribution in [0.25, 0.3) is 0 Å². The van der Waals surface area contributed by atoms with E-state index in [4.69, 9.17) is 4.74 Å². The molecular formula is C31H35NO3. The molecule has 0 spiro atoms. The molecule has 1 heterocycles. The third-order valence-electron chi connectivity index (χ3n) is 7.87. The van der Waals surface area contributed by atoms with E-state index in [0.29, 0.717) is 12.0 Å². The van der Waals surface area contributed by atoms with E-state index >= 15 is 0 Å². The van der Waals surface area contributed by atoms with Gasteiger partial charge >= 0.3 is 5.97 Å². The van der Waals surface area contributed by atoms with Crippen molar-refractivity contribution in [2.24, 2.45) is 0 Å². The fraction of sp³-hybridized carbons (Fsp3) is 0.419. The van der Waals surface area contributed by atoms with Gasteiger partial charge in [-0.25, -0.2) is 4.79 Å². The molecule has 0 saturated heterocycles. The predicted octanol–water partition coefficient (Wildman–Crippen LogP) is 6.49. The summed E-state index contributed by atoms with van der Waals surface area (Å²) in [5.41, 5.74) is 6.48. The highest BCUT2D eigenvalue weighted by Crippen LogP contribution is 2.46. The minimum Gasteiger partial charge on any atom is -0.459 e. The third kappa shape index (κ3) is 4.84. The molecule has 1 fully saturated rings. The molecule has 2 aromatic rings. The minimum atomic E-state index is -0.391. The summed E-state index contributed by atoms with van der Waals surface area (Å²) < 4.78 is 6.03. The number of rotatable bonds is 5. The van der Waals surface area contributed by atoms with Crippen molar-refractivity contribution in [3.63, 3.8) is 0 Å². The maximum Gasteiger partial charge on any atom is 0.337 e. The Morgan fingerprint density at radius 3 is 2.34 bits per heavy atom. The van der Waals surface area contributed by atoms with Gasteiger partial charge in [0.05, 0.1) is 5.57 Å². The van der Waals surface area contributed by atoms with Crippen LogP contribution in [0.2, 0.25) is 0 Å². The third-order valence-corrected chi connectivity index (χ3v) is 7.87. The maximum absolute atomic E-state index is 13.7. The van der Waals surface area contributed by atoms with Crippen LogP contribution >= 0.6 is 0 Å². The zero-order valence-corrected chi connectivity index (χ0v) is 20.8. The minimum absolute atomic E-state index is 0.0282. The van der Waals surface area contributed by atoms with Crippen LogP contribution in [-0.2, 0) is 20.7 Å². The summed E-state index contributed by atoms with van der Waals surface area (Å²) in [6.07, 6.45) is 7.39. The SMILES string of the molecule is CCc1ccc(C2C(C(=O)OC3CCCCC3)=C(C)NC3=C2C(=O)CC(c2ccccc2)C3)cc1. The lowest BCUT2D eigenvalue weighted by atomic mass is 9.71. The van der Waals surface area contributed by atoms with Gasteiger partial charge in [-0.1, -0.05) is 67.9 Å². The van der Waals surface area contributed by atoms with Gasteiger partial charge in [0.2, 0.25) is 0 Å². The maximum atomic E-state index is 13.7. The van der Waals surface area contributed by atoms with E-state index in [1.807, 2.05) is 25.1 Å². The number of hydrogen-bond acceptors (Lipinski definition) is 4. The van der Waals surface area contributed by atoms with Gasteiger partial charge in [-0.15, -0.1) is 0 Å². The van der Waals surface area contributed by atoms with Gasteiger partial charge in [0.15, 0.2) is 5.78 Å². The average molecular weight is 470 g/mol. The van der Waals surface area contributed by atoms with E-state index < -0.39 is 5.92 Å². The monoisotopic (exact) mass is 469 g/mol. The van der Waals surface area contributed by atoms with E-state index in [-0.39, 0.29) is 23.8 Å². The fourth-order valence-electron chi connectivity index (χ4n) is 5.95. The fourth-order valence-corrected chi connectivity index (χ4v) is 5.95. The highest BCUT2D eigenvalue weighted by Gasteiger charge is 2.41. The first-order chi connectivity index (χ1) is 17.0. The van der Waals surface area contributed by atoms with Crippen molar-refractivity contribution in [2.75, 3.05) is 0 Å². The van der Waals surface area contributed by atoms with Crippen LogP contribution in [0.4, 0.5) is 0 Å². The van der Waals surface area contributed by atoms with Gasteiger partial charge in [0.1, 0.15) is 6.10 Å². The first-order valence-electron chi connectivity index (χ1n) is 13.1. The molecule has 0 aromatic heterocycles. The molecule has 0 bridgehead atoms. The lowest BCUT2D eigenvalue weighted by Crippen LogP contribution is -2.37. The summed E-state index contributed by atoms with van der Waals surface area (Å²) in [6.45, 7) is 4.08. The Morgan fingerprint density at radius 2 is 1.66 bits per heavy atom. The molecule has 1 N–H and O–H groups in total. The van der Waals surface area contributed by atoms with Crippen molar-refractivity contribution in [1.82, 2.24) is 5.32 Å². The number of ether oxygens (including phenoxy) is 1. The number of carbonyl (C=O) groups is 2.